The number of hydrogen-bond acceptors (Lipinski definition) is 6. The van der Waals surface area contributed by atoms with Crippen molar-refractivity contribution < 1.29 is 20.1 Å². The summed E-state index contributed by atoms with van der Waals surface area (Å²) in [6.45, 7) is 0. The van der Waals surface area contributed by atoms with Crippen LogP contribution in [-0.4, -0.2) is 34.3 Å². The molecule has 0 saturated heterocycles. The van der Waals surface area contributed by atoms with Gasteiger partial charge < -0.3 is 20.1 Å². The fourth-order valence-electron chi connectivity index (χ4n) is 1.25. The van der Waals surface area contributed by atoms with Crippen LogP contribution in [0.1, 0.15) is 0 Å². The van der Waals surface area contributed by atoms with E-state index in [1.165, 1.54) is 22.7 Å². The molecule has 16 heavy (non-hydrogen) atoms. The molecule has 0 unspecified atom stereocenters. The summed E-state index contributed by atoms with van der Waals surface area (Å²) in [5.41, 5.74) is 0. The largest absolute Gasteiger partial charge is 0.499 e. The van der Waals surface area contributed by atoms with Crippen molar-refractivity contribution in [1.82, 2.24) is 0 Å². The Morgan fingerprint density at radius 3 is 1.31 bits per heavy atom. The second kappa shape index (κ2) is 4.70. The molecule has 0 aliphatic carbocycles. The van der Waals surface area contributed by atoms with E-state index in [1.807, 2.05) is 0 Å². The van der Waals surface area contributed by atoms with Crippen LogP contribution in [0.3, 0.4) is 0 Å². The molecule has 2 aromatic rings. The van der Waals surface area contributed by atoms with Crippen LogP contribution in [0.15, 0.2) is 24.3 Å². The standard InChI is InChI=1S/C8H8B2O4S2/c11-9(12)7-3-1-5(15-7)6-2-4-8(16-6)10(13)14/h1-4,11-14H. The molecular formula is C8H8B2O4S2. The minimum absolute atomic E-state index is 0.467. The summed E-state index contributed by atoms with van der Waals surface area (Å²) in [4.78, 5) is 1.75. The molecule has 8 heteroatoms. The van der Waals surface area contributed by atoms with E-state index >= 15 is 0 Å². The van der Waals surface area contributed by atoms with Gasteiger partial charge in [-0.3, -0.25) is 0 Å². The van der Waals surface area contributed by atoms with Gasteiger partial charge in [-0.05, 0) is 12.1 Å². The van der Waals surface area contributed by atoms with Crippen molar-refractivity contribution in [2.75, 3.05) is 0 Å². The number of hydrogen-bond donors (Lipinski definition) is 4. The zero-order chi connectivity index (χ0) is 11.7. The highest BCUT2D eigenvalue weighted by atomic mass is 32.1. The molecule has 0 atom stereocenters. The SMILES string of the molecule is OB(O)c1ccc(-c2ccc(B(O)O)s2)s1. The molecule has 0 aromatic carbocycles. The molecule has 82 valence electrons. The molecular weight excluding hydrogens is 246 g/mol. The van der Waals surface area contributed by atoms with Gasteiger partial charge in [-0.15, -0.1) is 22.7 Å². The van der Waals surface area contributed by atoms with E-state index in [2.05, 4.69) is 0 Å². The second-order valence-corrected chi connectivity index (χ2v) is 5.38. The Morgan fingerprint density at radius 2 is 1.06 bits per heavy atom. The van der Waals surface area contributed by atoms with Crippen molar-refractivity contribution in [2.24, 2.45) is 0 Å². The van der Waals surface area contributed by atoms with E-state index < -0.39 is 14.2 Å². The Bertz CT molecular complexity index is 436. The fourth-order valence-corrected chi connectivity index (χ4v) is 3.10. The van der Waals surface area contributed by atoms with Crippen LogP contribution < -0.4 is 9.55 Å². The lowest BCUT2D eigenvalue weighted by Gasteiger charge is -1.92. The zero-order valence-corrected chi connectivity index (χ0v) is 9.70. The molecule has 0 fully saturated rings. The summed E-state index contributed by atoms with van der Waals surface area (Å²) in [6.07, 6.45) is 0. The van der Waals surface area contributed by atoms with Crippen LogP contribution in [0.2, 0.25) is 0 Å². The highest BCUT2D eigenvalue weighted by Gasteiger charge is 2.17. The van der Waals surface area contributed by atoms with E-state index in [-0.39, 0.29) is 0 Å². The average Bonchev–Trinajstić information content (AvgIpc) is 2.86. The molecule has 0 bridgehead atoms. The molecule has 2 aromatic heterocycles. The molecule has 4 N–H and O–H groups in total. The molecule has 4 nitrogen and oxygen atoms in total. The highest BCUT2D eigenvalue weighted by Crippen LogP contribution is 2.27. The molecule has 0 amide bonds. The average molecular weight is 254 g/mol. The minimum atomic E-state index is -1.46. The van der Waals surface area contributed by atoms with Gasteiger partial charge in [-0.1, -0.05) is 12.1 Å². The van der Waals surface area contributed by atoms with E-state index in [0.29, 0.717) is 9.55 Å². The molecule has 0 radical (unpaired) electrons. The van der Waals surface area contributed by atoms with E-state index in [1.54, 1.807) is 24.3 Å². The zero-order valence-electron chi connectivity index (χ0n) is 8.07. The lowest BCUT2D eigenvalue weighted by molar-refractivity contribution is 0.425. The van der Waals surface area contributed by atoms with E-state index in [4.69, 9.17) is 20.1 Å². The van der Waals surface area contributed by atoms with Gasteiger partial charge in [0, 0.05) is 19.3 Å². The first-order chi connectivity index (χ1) is 7.58. The molecule has 0 spiro atoms. The summed E-state index contributed by atoms with van der Waals surface area (Å²) < 4.78 is 0.934. The maximum absolute atomic E-state index is 8.97. The van der Waals surface area contributed by atoms with Gasteiger partial charge in [0.25, 0.3) is 0 Å². The number of rotatable bonds is 3. The molecule has 0 aliphatic heterocycles. The second-order valence-electron chi connectivity index (χ2n) is 3.15. The van der Waals surface area contributed by atoms with Gasteiger partial charge in [-0.25, -0.2) is 0 Å². The third-order valence-corrected chi connectivity index (χ3v) is 4.45. The maximum atomic E-state index is 8.97. The summed E-state index contributed by atoms with van der Waals surface area (Å²) >= 11 is 2.53. The van der Waals surface area contributed by atoms with Crippen molar-refractivity contribution in [3.05, 3.63) is 24.3 Å². The third-order valence-electron chi connectivity index (χ3n) is 2.01. The minimum Gasteiger partial charge on any atom is -0.423 e. The van der Waals surface area contributed by atoms with Crippen molar-refractivity contribution >= 4 is 46.5 Å². The number of thiophene rings is 2. The smallest absolute Gasteiger partial charge is 0.423 e. The monoisotopic (exact) mass is 254 g/mol. The van der Waals surface area contributed by atoms with Crippen molar-refractivity contribution in [3.8, 4) is 9.75 Å². The lowest BCUT2D eigenvalue weighted by Crippen LogP contribution is -2.26. The Labute approximate surface area is 101 Å². The Morgan fingerprint density at radius 1 is 0.688 bits per heavy atom. The third kappa shape index (κ3) is 2.37. The van der Waals surface area contributed by atoms with Gasteiger partial charge >= 0.3 is 14.2 Å². The molecule has 2 rings (SSSR count). The quantitative estimate of drug-likeness (QED) is 0.520. The van der Waals surface area contributed by atoms with Crippen LogP contribution >= 0.6 is 22.7 Å². The normalized spacial score (nSPS) is 10.5. The Kier molecular flexibility index (Phi) is 3.48. The summed E-state index contributed by atoms with van der Waals surface area (Å²) in [5, 5.41) is 35.9. The first-order valence-electron chi connectivity index (χ1n) is 4.50. The predicted molar refractivity (Wildman–Crippen MR) is 67.3 cm³/mol. The predicted octanol–water partition coefficient (Wildman–Crippen LogP) is -1.16. The van der Waals surface area contributed by atoms with Crippen molar-refractivity contribution in [1.29, 1.82) is 0 Å². The van der Waals surface area contributed by atoms with E-state index in [9.17, 15) is 0 Å². The van der Waals surface area contributed by atoms with Crippen LogP contribution in [0, 0.1) is 0 Å². The first kappa shape index (κ1) is 11.8. The summed E-state index contributed by atoms with van der Waals surface area (Å²) in [7, 11) is -2.91. The van der Waals surface area contributed by atoms with Gasteiger partial charge in [0.2, 0.25) is 0 Å². The van der Waals surface area contributed by atoms with Crippen molar-refractivity contribution in [3.63, 3.8) is 0 Å². The summed E-state index contributed by atoms with van der Waals surface area (Å²) in [6, 6.07) is 6.83. The van der Waals surface area contributed by atoms with Crippen LogP contribution in [0.4, 0.5) is 0 Å². The fraction of sp³-hybridized carbons (Fsp3) is 0. The van der Waals surface area contributed by atoms with Crippen LogP contribution in [-0.2, 0) is 0 Å². The van der Waals surface area contributed by atoms with E-state index in [0.717, 1.165) is 9.75 Å². The topological polar surface area (TPSA) is 80.9 Å². The van der Waals surface area contributed by atoms with Crippen LogP contribution in [0.25, 0.3) is 9.75 Å². The Hall–Kier alpha value is -0.630. The summed E-state index contributed by atoms with van der Waals surface area (Å²) in [5.74, 6) is 0. The van der Waals surface area contributed by atoms with Gasteiger partial charge in [0.1, 0.15) is 0 Å². The highest BCUT2D eigenvalue weighted by molar-refractivity contribution is 7.30. The van der Waals surface area contributed by atoms with Crippen molar-refractivity contribution in [2.45, 2.75) is 0 Å². The van der Waals surface area contributed by atoms with Crippen LogP contribution in [0.5, 0.6) is 0 Å². The maximum Gasteiger partial charge on any atom is 0.499 e. The first-order valence-corrected chi connectivity index (χ1v) is 6.13. The lowest BCUT2D eigenvalue weighted by atomic mass is 9.90. The van der Waals surface area contributed by atoms with Gasteiger partial charge in [0.15, 0.2) is 0 Å². The Balaban J connectivity index is 2.28. The van der Waals surface area contributed by atoms with Gasteiger partial charge in [-0.2, -0.15) is 0 Å². The molecule has 0 saturated carbocycles. The molecule has 2 heterocycles. The van der Waals surface area contributed by atoms with Gasteiger partial charge in [0.05, 0.1) is 0 Å². The molecule has 0 aliphatic rings.